The van der Waals surface area contributed by atoms with Crippen molar-refractivity contribution in [3.8, 4) is 0 Å². The number of para-hydroxylation sites is 1. The normalized spacial score (nSPS) is 11.7. The lowest BCUT2D eigenvalue weighted by Gasteiger charge is -2.16. The summed E-state index contributed by atoms with van der Waals surface area (Å²) in [5.41, 5.74) is 1.66. The summed E-state index contributed by atoms with van der Waals surface area (Å²) in [6, 6.07) is 16.9. The van der Waals surface area contributed by atoms with Gasteiger partial charge in [0.15, 0.2) is 0 Å². The second-order valence-corrected chi connectivity index (χ2v) is 6.12. The van der Waals surface area contributed by atoms with Crippen molar-refractivity contribution >= 4 is 40.2 Å². The first-order valence-electron chi connectivity index (χ1n) is 6.87. The number of amides is 1. The summed E-state index contributed by atoms with van der Waals surface area (Å²) in [5, 5.41) is 11.9. The lowest BCUT2D eigenvalue weighted by atomic mass is 9.95. The van der Waals surface area contributed by atoms with Crippen LogP contribution in [0.2, 0.25) is 0 Å². The molecule has 22 heavy (non-hydrogen) atoms. The molecule has 0 radical (unpaired) electrons. The zero-order valence-electron chi connectivity index (χ0n) is 11.8. The highest BCUT2D eigenvalue weighted by Gasteiger charge is 2.22. The van der Waals surface area contributed by atoms with Gasteiger partial charge in [-0.15, -0.1) is 0 Å². The molecule has 0 fully saturated rings. The Kier molecular flexibility index (Phi) is 5.94. The summed E-state index contributed by atoms with van der Waals surface area (Å²) >= 11 is 2.14. The summed E-state index contributed by atoms with van der Waals surface area (Å²) in [6.45, 7) is 0. The molecule has 2 N–H and O–H groups in total. The molecule has 4 nitrogen and oxygen atoms in total. The molecule has 114 valence electrons. The summed E-state index contributed by atoms with van der Waals surface area (Å²) in [7, 11) is 0. The topological polar surface area (TPSA) is 66.4 Å². The minimum absolute atomic E-state index is 0.190. The lowest BCUT2D eigenvalue weighted by Crippen LogP contribution is -2.27. The van der Waals surface area contributed by atoms with Crippen LogP contribution in [0.5, 0.6) is 0 Å². The van der Waals surface area contributed by atoms with Gasteiger partial charge in [0.1, 0.15) is 0 Å². The van der Waals surface area contributed by atoms with Crippen molar-refractivity contribution in [2.45, 2.75) is 12.8 Å². The van der Waals surface area contributed by atoms with Gasteiger partial charge in [0.2, 0.25) is 5.91 Å². The number of rotatable bonds is 6. The van der Waals surface area contributed by atoms with E-state index in [0.29, 0.717) is 12.1 Å². The van der Waals surface area contributed by atoms with Gasteiger partial charge < -0.3 is 10.4 Å². The van der Waals surface area contributed by atoms with E-state index in [0.717, 1.165) is 9.13 Å². The second kappa shape index (κ2) is 7.93. The molecule has 0 saturated heterocycles. The first kappa shape index (κ1) is 16.5. The van der Waals surface area contributed by atoms with Crippen LogP contribution in [0.4, 0.5) is 5.69 Å². The van der Waals surface area contributed by atoms with Crippen LogP contribution in [-0.4, -0.2) is 17.0 Å². The van der Waals surface area contributed by atoms with Crippen molar-refractivity contribution in [3.63, 3.8) is 0 Å². The number of hydrogen-bond donors (Lipinski definition) is 2. The van der Waals surface area contributed by atoms with E-state index in [1.807, 2.05) is 48.5 Å². The number of anilines is 1. The highest BCUT2D eigenvalue weighted by molar-refractivity contribution is 14.1. The Morgan fingerprint density at radius 3 is 2.32 bits per heavy atom. The van der Waals surface area contributed by atoms with E-state index in [1.54, 1.807) is 6.07 Å². The van der Waals surface area contributed by atoms with Crippen LogP contribution in [-0.2, 0) is 16.0 Å². The Balaban J connectivity index is 2.12. The number of halogens is 1. The SMILES string of the molecule is O=C(O)C[C@@H](Cc1ccccc1)C(=O)Nc1ccccc1I. The first-order chi connectivity index (χ1) is 10.6. The van der Waals surface area contributed by atoms with Crippen molar-refractivity contribution in [1.82, 2.24) is 0 Å². The molecule has 0 aliphatic carbocycles. The molecule has 0 aliphatic rings. The monoisotopic (exact) mass is 409 g/mol. The molecular formula is C17H16INO3. The van der Waals surface area contributed by atoms with Gasteiger partial charge in [-0.3, -0.25) is 9.59 Å². The molecule has 2 aromatic carbocycles. The fraction of sp³-hybridized carbons (Fsp3) is 0.176. The number of carbonyl (C=O) groups excluding carboxylic acids is 1. The molecule has 1 atom stereocenters. The summed E-state index contributed by atoms with van der Waals surface area (Å²) in [6.07, 6.45) is 0.215. The molecular weight excluding hydrogens is 393 g/mol. The van der Waals surface area contributed by atoms with E-state index in [1.165, 1.54) is 0 Å². The van der Waals surface area contributed by atoms with Gasteiger partial charge in [0.25, 0.3) is 0 Å². The van der Waals surface area contributed by atoms with Crippen LogP contribution in [0.25, 0.3) is 0 Å². The zero-order valence-corrected chi connectivity index (χ0v) is 14.0. The summed E-state index contributed by atoms with van der Waals surface area (Å²) in [4.78, 5) is 23.5. The Morgan fingerprint density at radius 1 is 1.05 bits per heavy atom. The number of aliphatic carboxylic acids is 1. The van der Waals surface area contributed by atoms with Crippen molar-refractivity contribution in [3.05, 3.63) is 63.7 Å². The Morgan fingerprint density at radius 2 is 1.68 bits per heavy atom. The highest BCUT2D eigenvalue weighted by Crippen LogP contribution is 2.20. The van der Waals surface area contributed by atoms with E-state index in [2.05, 4.69) is 27.9 Å². The standard InChI is InChI=1S/C17H16INO3/c18-14-8-4-5-9-15(14)19-17(22)13(11-16(20)21)10-12-6-2-1-3-7-12/h1-9,13H,10-11H2,(H,19,22)(H,20,21)/t13-/m1/s1. The van der Waals surface area contributed by atoms with Crippen LogP contribution < -0.4 is 5.32 Å². The minimum Gasteiger partial charge on any atom is -0.481 e. The third-order valence-corrected chi connectivity index (χ3v) is 4.19. The number of hydrogen-bond acceptors (Lipinski definition) is 2. The van der Waals surface area contributed by atoms with Crippen LogP contribution in [0.1, 0.15) is 12.0 Å². The van der Waals surface area contributed by atoms with Gasteiger partial charge in [-0.1, -0.05) is 42.5 Å². The number of carboxylic acids is 1. The van der Waals surface area contributed by atoms with Crippen LogP contribution in [0.15, 0.2) is 54.6 Å². The largest absolute Gasteiger partial charge is 0.481 e. The summed E-state index contributed by atoms with van der Waals surface area (Å²) in [5.74, 6) is -1.84. The fourth-order valence-electron chi connectivity index (χ4n) is 2.16. The molecule has 0 bridgehead atoms. The predicted octanol–water partition coefficient (Wildman–Crippen LogP) is 3.56. The van der Waals surface area contributed by atoms with Crippen molar-refractivity contribution in [1.29, 1.82) is 0 Å². The van der Waals surface area contributed by atoms with Crippen LogP contribution in [0.3, 0.4) is 0 Å². The maximum Gasteiger partial charge on any atom is 0.304 e. The predicted molar refractivity (Wildman–Crippen MR) is 93.7 cm³/mol. The Labute approximate surface area is 142 Å². The van der Waals surface area contributed by atoms with Gasteiger partial charge >= 0.3 is 5.97 Å². The van der Waals surface area contributed by atoms with Gasteiger partial charge in [-0.25, -0.2) is 0 Å². The molecule has 5 heteroatoms. The maximum atomic E-state index is 12.4. The zero-order chi connectivity index (χ0) is 15.9. The highest BCUT2D eigenvalue weighted by atomic mass is 127. The van der Waals surface area contributed by atoms with Crippen LogP contribution >= 0.6 is 22.6 Å². The van der Waals surface area contributed by atoms with Gasteiger partial charge in [-0.2, -0.15) is 0 Å². The molecule has 0 aliphatic heterocycles. The number of nitrogens with one attached hydrogen (secondary N) is 1. The number of benzene rings is 2. The minimum atomic E-state index is -0.973. The summed E-state index contributed by atoms with van der Waals surface area (Å²) < 4.78 is 0.919. The smallest absolute Gasteiger partial charge is 0.304 e. The molecule has 0 saturated carbocycles. The average molecular weight is 409 g/mol. The van der Waals surface area contributed by atoms with Crippen molar-refractivity contribution < 1.29 is 14.7 Å². The molecule has 0 heterocycles. The second-order valence-electron chi connectivity index (χ2n) is 4.95. The van der Waals surface area contributed by atoms with Crippen LogP contribution in [0, 0.1) is 9.49 Å². The molecule has 0 spiro atoms. The molecule has 1 amide bonds. The maximum absolute atomic E-state index is 12.4. The first-order valence-corrected chi connectivity index (χ1v) is 7.95. The molecule has 0 aromatic heterocycles. The van der Waals surface area contributed by atoms with Gasteiger partial charge in [0.05, 0.1) is 18.0 Å². The lowest BCUT2D eigenvalue weighted by molar-refractivity contribution is -0.140. The van der Waals surface area contributed by atoms with Gasteiger partial charge in [0, 0.05) is 3.57 Å². The fourth-order valence-corrected chi connectivity index (χ4v) is 2.69. The van der Waals surface area contributed by atoms with Gasteiger partial charge in [-0.05, 0) is 46.7 Å². The van der Waals surface area contributed by atoms with E-state index in [9.17, 15) is 9.59 Å². The third kappa shape index (κ3) is 4.84. The van der Waals surface area contributed by atoms with Crippen molar-refractivity contribution in [2.24, 2.45) is 5.92 Å². The Hall–Kier alpha value is -1.89. The molecule has 2 aromatic rings. The quantitative estimate of drug-likeness (QED) is 0.718. The molecule has 2 rings (SSSR count). The van der Waals surface area contributed by atoms with E-state index in [-0.39, 0.29) is 12.3 Å². The van der Waals surface area contributed by atoms with E-state index in [4.69, 9.17) is 5.11 Å². The number of carbonyl (C=O) groups is 2. The third-order valence-electron chi connectivity index (χ3n) is 3.25. The average Bonchev–Trinajstić information content (AvgIpc) is 2.49. The van der Waals surface area contributed by atoms with E-state index >= 15 is 0 Å². The number of carboxylic acid groups (broad SMARTS) is 1. The van der Waals surface area contributed by atoms with Crippen molar-refractivity contribution in [2.75, 3.05) is 5.32 Å². The molecule has 0 unspecified atom stereocenters. The van der Waals surface area contributed by atoms with E-state index < -0.39 is 11.9 Å². The Bertz CT molecular complexity index is 658.